The minimum atomic E-state index is -0.511. The topological polar surface area (TPSA) is 102 Å². The van der Waals surface area contributed by atoms with Gasteiger partial charge < -0.3 is 14.8 Å². The highest BCUT2D eigenvalue weighted by atomic mass is 16.5. The van der Waals surface area contributed by atoms with E-state index in [1.165, 1.54) is 36.3 Å². The van der Waals surface area contributed by atoms with E-state index in [1.54, 1.807) is 19.1 Å². The minimum absolute atomic E-state index is 0.143. The lowest BCUT2D eigenvalue weighted by Gasteiger charge is -2.17. The number of methoxy groups -OCH3 is 1. The van der Waals surface area contributed by atoms with Crippen LogP contribution < -0.4 is 5.32 Å². The molecular weight excluding hydrogens is 400 g/mol. The van der Waals surface area contributed by atoms with E-state index < -0.39 is 17.8 Å². The van der Waals surface area contributed by atoms with E-state index >= 15 is 0 Å². The lowest BCUT2D eigenvalue weighted by molar-refractivity contribution is 0.0475. The van der Waals surface area contributed by atoms with Gasteiger partial charge in [0.1, 0.15) is 0 Å². The van der Waals surface area contributed by atoms with Crippen molar-refractivity contribution in [2.45, 2.75) is 25.9 Å². The highest BCUT2D eigenvalue weighted by molar-refractivity contribution is 6.22. The van der Waals surface area contributed by atoms with E-state index in [9.17, 15) is 19.2 Å². The number of carbonyl (C=O) groups excluding carboxylic acids is 4. The van der Waals surface area contributed by atoms with Crippen molar-refractivity contribution >= 4 is 29.4 Å². The molecule has 1 N–H and O–H groups in total. The molecule has 160 valence electrons. The lowest BCUT2D eigenvalue weighted by atomic mass is 10.0. The van der Waals surface area contributed by atoms with E-state index in [0.29, 0.717) is 17.9 Å². The number of aryl methyl sites for hydroxylation is 1. The molecule has 2 aromatic rings. The second-order valence-electron chi connectivity index (χ2n) is 7.59. The summed E-state index contributed by atoms with van der Waals surface area (Å²) in [6.07, 6.45) is 1.58. The number of esters is 1. The Hall–Kier alpha value is -3.52. The first-order valence-electron chi connectivity index (χ1n) is 10.0. The molecule has 0 radical (unpaired) electrons. The predicted molar refractivity (Wildman–Crippen MR) is 111 cm³/mol. The molecule has 3 amide bonds. The van der Waals surface area contributed by atoms with E-state index in [0.717, 1.165) is 18.4 Å². The summed E-state index contributed by atoms with van der Waals surface area (Å²) in [5, 5.41) is 2.76. The van der Waals surface area contributed by atoms with Crippen LogP contribution in [0.2, 0.25) is 0 Å². The Labute approximate surface area is 179 Å². The van der Waals surface area contributed by atoms with Crippen molar-refractivity contribution < 1.29 is 28.7 Å². The van der Waals surface area contributed by atoms with Crippen molar-refractivity contribution in [3.63, 3.8) is 0 Å². The van der Waals surface area contributed by atoms with Gasteiger partial charge in [-0.15, -0.1) is 0 Å². The minimum Gasteiger partial charge on any atom is -0.465 e. The van der Waals surface area contributed by atoms with E-state index in [2.05, 4.69) is 5.32 Å². The summed E-state index contributed by atoms with van der Waals surface area (Å²) in [6.45, 7) is 2.65. The highest BCUT2D eigenvalue weighted by Crippen LogP contribution is 2.27. The molecule has 2 aromatic carbocycles. The Kier molecular flexibility index (Phi) is 5.56. The number of imide groups is 1. The molecule has 2 heterocycles. The molecule has 1 saturated heterocycles. The van der Waals surface area contributed by atoms with Crippen LogP contribution in [-0.2, 0) is 9.47 Å². The fraction of sp³-hybridized carbons (Fsp3) is 0.304. The molecule has 31 heavy (non-hydrogen) atoms. The van der Waals surface area contributed by atoms with Crippen molar-refractivity contribution in [3.8, 4) is 0 Å². The number of hydrogen-bond donors (Lipinski definition) is 1. The van der Waals surface area contributed by atoms with Crippen molar-refractivity contribution in [2.24, 2.45) is 0 Å². The largest absolute Gasteiger partial charge is 0.465 e. The summed E-state index contributed by atoms with van der Waals surface area (Å²) in [4.78, 5) is 51.2. The molecule has 0 bridgehead atoms. The second-order valence-corrected chi connectivity index (χ2v) is 7.59. The van der Waals surface area contributed by atoms with Crippen LogP contribution in [0.25, 0.3) is 0 Å². The molecule has 0 aliphatic carbocycles. The molecule has 0 spiro atoms. The highest BCUT2D eigenvalue weighted by Gasteiger charge is 2.38. The van der Waals surface area contributed by atoms with E-state index in [1.807, 2.05) is 0 Å². The lowest BCUT2D eigenvalue weighted by Crippen LogP contribution is -2.36. The Morgan fingerprint density at radius 3 is 2.55 bits per heavy atom. The number of hydrogen-bond acceptors (Lipinski definition) is 6. The zero-order valence-corrected chi connectivity index (χ0v) is 17.3. The number of nitrogens with zero attached hydrogens (tertiary/aromatic N) is 1. The van der Waals surface area contributed by atoms with Gasteiger partial charge in [0.25, 0.3) is 17.7 Å². The molecule has 8 heteroatoms. The maximum absolute atomic E-state index is 12.8. The van der Waals surface area contributed by atoms with Crippen LogP contribution >= 0.6 is 0 Å². The molecule has 0 aromatic heterocycles. The number of amides is 3. The van der Waals surface area contributed by atoms with Gasteiger partial charge in [-0.1, -0.05) is 6.07 Å². The molecular formula is C23H22N2O6. The van der Waals surface area contributed by atoms with Crippen molar-refractivity contribution in [2.75, 3.05) is 25.6 Å². The monoisotopic (exact) mass is 422 g/mol. The quantitative estimate of drug-likeness (QED) is 0.587. The van der Waals surface area contributed by atoms with Crippen LogP contribution in [-0.4, -0.2) is 55.0 Å². The molecule has 1 atom stereocenters. The van der Waals surface area contributed by atoms with Gasteiger partial charge in [0.2, 0.25) is 0 Å². The van der Waals surface area contributed by atoms with Gasteiger partial charge in [0.05, 0.1) is 36.4 Å². The fourth-order valence-electron chi connectivity index (χ4n) is 3.79. The summed E-state index contributed by atoms with van der Waals surface area (Å²) in [5.41, 5.74) is 2.25. The first-order valence-corrected chi connectivity index (χ1v) is 10.0. The van der Waals surface area contributed by atoms with Gasteiger partial charge in [0.15, 0.2) is 0 Å². The Bertz CT molecular complexity index is 1090. The van der Waals surface area contributed by atoms with Gasteiger partial charge in [-0.05, 0) is 55.7 Å². The molecule has 0 saturated carbocycles. The average molecular weight is 422 g/mol. The van der Waals surface area contributed by atoms with Crippen LogP contribution in [0.5, 0.6) is 0 Å². The van der Waals surface area contributed by atoms with Gasteiger partial charge in [-0.2, -0.15) is 0 Å². The van der Waals surface area contributed by atoms with Crippen molar-refractivity contribution in [1.82, 2.24) is 4.90 Å². The third-order valence-electron chi connectivity index (χ3n) is 5.55. The Balaban J connectivity index is 1.54. The number of rotatable bonds is 5. The van der Waals surface area contributed by atoms with Crippen molar-refractivity contribution in [1.29, 1.82) is 0 Å². The number of ether oxygens (including phenoxy) is 2. The van der Waals surface area contributed by atoms with Gasteiger partial charge in [0, 0.05) is 17.9 Å². The Morgan fingerprint density at radius 2 is 1.84 bits per heavy atom. The van der Waals surface area contributed by atoms with E-state index in [4.69, 9.17) is 9.47 Å². The Morgan fingerprint density at radius 1 is 1.10 bits per heavy atom. The molecule has 4 rings (SSSR count). The first kappa shape index (κ1) is 20.7. The molecule has 2 aliphatic rings. The maximum Gasteiger partial charge on any atom is 0.337 e. The third-order valence-corrected chi connectivity index (χ3v) is 5.55. The van der Waals surface area contributed by atoms with E-state index in [-0.39, 0.29) is 35.2 Å². The molecule has 1 unspecified atom stereocenters. The summed E-state index contributed by atoms with van der Waals surface area (Å²) < 4.78 is 10.3. The summed E-state index contributed by atoms with van der Waals surface area (Å²) in [7, 11) is 1.28. The number of fused-ring (bicyclic) bond motifs is 1. The second kappa shape index (κ2) is 8.31. The maximum atomic E-state index is 12.8. The van der Waals surface area contributed by atoms with Gasteiger partial charge >= 0.3 is 5.97 Å². The summed E-state index contributed by atoms with van der Waals surface area (Å²) in [6, 6.07) is 9.28. The number of carbonyl (C=O) groups is 4. The zero-order chi connectivity index (χ0) is 22.1. The van der Waals surface area contributed by atoms with Crippen LogP contribution in [0.3, 0.4) is 0 Å². The number of anilines is 1. The normalized spacial score (nSPS) is 17.6. The molecule has 1 fully saturated rings. The van der Waals surface area contributed by atoms with Crippen LogP contribution in [0.4, 0.5) is 5.69 Å². The van der Waals surface area contributed by atoms with Crippen LogP contribution in [0.15, 0.2) is 36.4 Å². The third kappa shape index (κ3) is 3.94. The SMILES string of the molecule is COC(=O)c1ccc(C)c(NC(=O)c2ccc3c(c2)C(=O)N(CC2CCCO2)C3=O)c1. The predicted octanol–water partition coefficient (Wildman–Crippen LogP) is 2.81. The fourth-order valence-corrected chi connectivity index (χ4v) is 3.79. The van der Waals surface area contributed by atoms with Crippen LogP contribution in [0, 0.1) is 6.92 Å². The summed E-state index contributed by atoms with van der Waals surface area (Å²) in [5.74, 6) is -1.76. The smallest absolute Gasteiger partial charge is 0.337 e. The zero-order valence-electron chi connectivity index (χ0n) is 17.3. The molecule has 2 aliphatic heterocycles. The van der Waals surface area contributed by atoms with Crippen LogP contribution in [0.1, 0.15) is 59.8 Å². The summed E-state index contributed by atoms with van der Waals surface area (Å²) >= 11 is 0. The first-order chi connectivity index (χ1) is 14.9. The molecule has 8 nitrogen and oxygen atoms in total. The van der Waals surface area contributed by atoms with Gasteiger partial charge in [-0.25, -0.2) is 4.79 Å². The van der Waals surface area contributed by atoms with Gasteiger partial charge in [-0.3, -0.25) is 19.3 Å². The van der Waals surface area contributed by atoms with Crippen molar-refractivity contribution in [3.05, 3.63) is 64.2 Å². The number of benzene rings is 2. The number of nitrogens with one attached hydrogen (secondary N) is 1. The average Bonchev–Trinajstić information content (AvgIpc) is 3.37. The standard InChI is InChI=1S/C23H22N2O6/c1-13-5-6-15(23(29)30-2)11-19(13)24-20(26)14-7-8-17-18(10-14)22(28)25(21(17)27)12-16-4-3-9-31-16/h5-8,10-11,16H,3-4,9,12H2,1-2H3,(H,24,26).